The van der Waals surface area contributed by atoms with Crippen molar-refractivity contribution in [2.24, 2.45) is 0 Å². The predicted octanol–water partition coefficient (Wildman–Crippen LogP) is 3.28. The third-order valence-corrected chi connectivity index (χ3v) is 3.93. The van der Waals surface area contributed by atoms with Crippen molar-refractivity contribution in [1.82, 2.24) is 0 Å². The molecule has 0 unspecified atom stereocenters. The third-order valence-electron chi connectivity index (χ3n) is 2.92. The van der Waals surface area contributed by atoms with Gasteiger partial charge in [-0.15, -0.1) is 0 Å². The first-order valence-corrected chi connectivity index (χ1v) is 7.47. The third kappa shape index (κ3) is 3.85. The number of carboxylic acids is 1. The van der Waals surface area contributed by atoms with Crippen LogP contribution in [0.1, 0.15) is 15.9 Å². The zero-order valence-electron chi connectivity index (χ0n) is 11.0. The van der Waals surface area contributed by atoms with Crippen molar-refractivity contribution >= 4 is 17.7 Å². The molecule has 2 N–H and O–H groups in total. The van der Waals surface area contributed by atoms with Crippen LogP contribution in [0, 0.1) is 0 Å². The van der Waals surface area contributed by atoms with Crippen molar-refractivity contribution < 1.29 is 15.0 Å². The Bertz CT molecular complexity index is 561. The summed E-state index contributed by atoms with van der Waals surface area (Å²) in [6.07, 6.45) is 0. The number of aromatic carboxylic acids is 1. The normalized spacial score (nSPS) is 10.4. The number of thioether (sulfide) groups is 1. The molecule has 2 rings (SSSR count). The second kappa shape index (κ2) is 7.12. The molecule has 0 radical (unpaired) electrons. The molecule has 0 bridgehead atoms. The molecule has 0 aliphatic carbocycles. The van der Waals surface area contributed by atoms with E-state index >= 15 is 0 Å². The molecule has 4 heteroatoms. The molecule has 104 valence electrons. The molecular weight excluding hydrogens is 272 g/mol. The number of aliphatic hydroxyl groups is 1. The van der Waals surface area contributed by atoms with E-state index in [0.29, 0.717) is 5.56 Å². The van der Waals surface area contributed by atoms with Gasteiger partial charge in [-0.1, -0.05) is 36.4 Å². The van der Waals surface area contributed by atoms with E-state index in [9.17, 15) is 4.79 Å². The summed E-state index contributed by atoms with van der Waals surface area (Å²) in [6.45, 7) is 0.207. The number of carboxylic acid groups (broad SMARTS) is 1. The zero-order chi connectivity index (χ0) is 14.4. The van der Waals surface area contributed by atoms with Gasteiger partial charge in [-0.25, -0.2) is 4.79 Å². The summed E-state index contributed by atoms with van der Waals surface area (Å²) >= 11 is 1.70. The Hall–Kier alpha value is -1.78. The van der Waals surface area contributed by atoms with Crippen molar-refractivity contribution in [1.29, 1.82) is 0 Å². The lowest BCUT2D eigenvalue weighted by atomic mass is 10.0. The Morgan fingerprint density at radius 3 is 2.00 bits per heavy atom. The van der Waals surface area contributed by atoms with Crippen molar-refractivity contribution in [2.75, 3.05) is 12.4 Å². The largest absolute Gasteiger partial charge is 0.478 e. The fourth-order valence-corrected chi connectivity index (χ4v) is 2.55. The summed E-state index contributed by atoms with van der Waals surface area (Å²) in [5.41, 5.74) is 3.59. The average Bonchev–Trinajstić information content (AvgIpc) is 2.48. The van der Waals surface area contributed by atoms with Crippen molar-refractivity contribution in [2.45, 2.75) is 5.75 Å². The van der Waals surface area contributed by atoms with Crippen molar-refractivity contribution in [3.63, 3.8) is 0 Å². The molecule has 0 amide bonds. The van der Waals surface area contributed by atoms with Crippen LogP contribution in [0.3, 0.4) is 0 Å². The minimum atomic E-state index is -0.909. The topological polar surface area (TPSA) is 57.5 Å². The predicted molar refractivity (Wildman–Crippen MR) is 82.1 cm³/mol. The van der Waals surface area contributed by atoms with Gasteiger partial charge in [-0.05, 0) is 28.8 Å². The Morgan fingerprint density at radius 1 is 0.950 bits per heavy atom. The standard InChI is InChI=1S/C16H16O3S/c17-9-10-20-11-12-1-3-13(4-2-12)14-5-7-15(8-6-14)16(18)19/h1-8,17H,9-11H2,(H,18,19). The van der Waals surface area contributed by atoms with Crippen LogP contribution in [-0.4, -0.2) is 28.5 Å². The van der Waals surface area contributed by atoms with E-state index in [-0.39, 0.29) is 6.61 Å². The highest BCUT2D eigenvalue weighted by atomic mass is 32.2. The summed E-state index contributed by atoms with van der Waals surface area (Å²) in [5, 5.41) is 17.6. The molecule has 0 fully saturated rings. The summed E-state index contributed by atoms with van der Waals surface area (Å²) in [7, 11) is 0. The molecule has 2 aromatic carbocycles. The monoisotopic (exact) mass is 288 g/mol. The number of rotatable bonds is 6. The van der Waals surface area contributed by atoms with Crippen LogP contribution in [0.25, 0.3) is 11.1 Å². The minimum absolute atomic E-state index is 0.207. The van der Waals surface area contributed by atoms with Crippen LogP contribution in [-0.2, 0) is 5.75 Å². The average molecular weight is 288 g/mol. The lowest BCUT2D eigenvalue weighted by Gasteiger charge is -2.05. The number of hydrogen-bond donors (Lipinski definition) is 2. The molecule has 0 saturated carbocycles. The van der Waals surface area contributed by atoms with Gasteiger partial charge in [0.05, 0.1) is 12.2 Å². The molecule has 0 atom stereocenters. The second-order valence-electron chi connectivity index (χ2n) is 4.36. The summed E-state index contributed by atoms with van der Waals surface area (Å²) in [5.74, 6) is 0.727. The van der Waals surface area contributed by atoms with Gasteiger partial charge in [0.25, 0.3) is 0 Å². The van der Waals surface area contributed by atoms with Gasteiger partial charge in [0.15, 0.2) is 0 Å². The Labute approximate surface area is 122 Å². The van der Waals surface area contributed by atoms with Crippen molar-refractivity contribution in [3.8, 4) is 11.1 Å². The van der Waals surface area contributed by atoms with Gasteiger partial charge in [0.1, 0.15) is 0 Å². The van der Waals surface area contributed by atoms with Crippen molar-refractivity contribution in [3.05, 3.63) is 59.7 Å². The number of carbonyl (C=O) groups is 1. The van der Waals surface area contributed by atoms with E-state index in [4.69, 9.17) is 10.2 Å². The second-order valence-corrected chi connectivity index (χ2v) is 5.46. The molecule has 2 aromatic rings. The van der Waals surface area contributed by atoms with E-state index < -0.39 is 5.97 Å². The highest BCUT2D eigenvalue weighted by Crippen LogP contribution is 2.22. The van der Waals surface area contributed by atoms with Crippen LogP contribution >= 0.6 is 11.8 Å². The van der Waals surface area contributed by atoms with Gasteiger partial charge < -0.3 is 10.2 Å². The first kappa shape index (κ1) is 14.6. The molecule has 3 nitrogen and oxygen atoms in total. The maximum Gasteiger partial charge on any atom is 0.335 e. The summed E-state index contributed by atoms with van der Waals surface area (Å²) in [6, 6.07) is 15.0. The van der Waals surface area contributed by atoms with Crippen LogP contribution in [0.2, 0.25) is 0 Å². The van der Waals surface area contributed by atoms with Gasteiger partial charge >= 0.3 is 5.97 Å². The van der Waals surface area contributed by atoms with Gasteiger partial charge in [0, 0.05) is 11.5 Å². The highest BCUT2D eigenvalue weighted by molar-refractivity contribution is 7.98. The maximum absolute atomic E-state index is 10.8. The molecule has 0 aliphatic heterocycles. The fourth-order valence-electron chi connectivity index (χ4n) is 1.85. The molecule has 0 spiro atoms. The van der Waals surface area contributed by atoms with E-state index in [1.807, 2.05) is 24.3 Å². The number of aliphatic hydroxyl groups excluding tert-OH is 1. The van der Waals surface area contributed by atoms with Gasteiger partial charge in [-0.2, -0.15) is 11.8 Å². The summed E-state index contributed by atoms with van der Waals surface area (Å²) < 4.78 is 0. The lowest BCUT2D eigenvalue weighted by Crippen LogP contribution is -1.94. The highest BCUT2D eigenvalue weighted by Gasteiger charge is 2.03. The Morgan fingerprint density at radius 2 is 1.50 bits per heavy atom. The summed E-state index contributed by atoms with van der Waals surface area (Å²) in [4.78, 5) is 10.8. The first-order valence-electron chi connectivity index (χ1n) is 6.32. The van der Waals surface area contributed by atoms with E-state index in [2.05, 4.69) is 12.1 Å². The smallest absolute Gasteiger partial charge is 0.335 e. The molecule has 0 saturated heterocycles. The van der Waals surface area contributed by atoms with Crippen LogP contribution in [0.5, 0.6) is 0 Å². The van der Waals surface area contributed by atoms with Crippen LogP contribution < -0.4 is 0 Å². The van der Waals surface area contributed by atoms with Crippen LogP contribution in [0.15, 0.2) is 48.5 Å². The first-order chi connectivity index (χ1) is 9.70. The fraction of sp³-hybridized carbons (Fsp3) is 0.188. The molecule has 0 aromatic heterocycles. The molecule has 20 heavy (non-hydrogen) atoms. The van der Waals surface area contributed by atoms with Gasteiger partial charge in [-0.3, -0.25) is 0 Å². The van der Waals surface area contributed by atoms with E-state index in [0.717, 1.165) is 22.6 Å². The SMILES string of the molecule is O=C(O)c1ccc(-c2ccc(CSCCO)cc2)cc1. The maximum atomic E-state index is 10.8. The zero-order valence-corrected chi connectivity index (χ0v) is 11.8. The quantitative estimate of drug-likeness (QED) is 0.801. The lowest BCUT2D eigenvalue weighted by molar-refractivity contribution is 0.0697. The number of hydrogen-bond acceptors (Lipinski definition) is 3. The van der Waals surface area contributed by atoms with E-state index in [1.165, 1.54) is 5.56 Å². The molecule has 0 heterocycles. The number of benzene rings is 2. The van der Waals surface area contributed by atoms with Crippen LogP contribution in [0.4, 0.5) is 0 Å². The van der Waals surface area contributed by atoms with E-state index in [1.54, 1.807) is 23.9 Å². The Balaban J connectivity index is 2.07. The Kier molecular flexibility index (Phi) is 5.21. The minimum Gasteiger partial charge on any atom is -0.478 e. The molecular formula is C16H16O3S. The van der Waals surface area contributed by atoms with Gasteiger partial charge in [0.2, 0.25) is 0 Å². The molecule has 0 aliphatic rings.